The Morgan fingerprint density at radius 3 is 2.50 bits per heavy atom. The SMILES string of the molecule is Cc1ccc(OCC(=O)Nc2cccc(C(=O)N(C)Cc3ccccc3)c2)c(Br)c1. The van der Waals surface area contributed by atoms with Crippen molar-refractivity contribution in [3.8, 4) is 5.75 Å². The van der Waals surface area contributed by atoms with Crippen molar-refractivity contribution < 1.29 is 14.3 Å². The number of rotatable bonds is 7. The average molecular weight is 467 g/mol. The lowest BCUT2D eigenvalue weighted by molar-refractivity contribution is -0.118. The summed E-state index contributed by atoms with van der Waals surface area (Å²) in [6.07, 6.45) is 0. The van der Waals surface area contributed by atoms with Gasteiger partial charge in [0.1, 0.15) is 5.75 Å². The molecule has 154 valence electrons. The number of carbonyl (C=O) groups is 2. The summed E-state index contributed by atoms with van der Waals surface area (Å²) in [5, 5.41) is 2.78. The van der Waals surface area contributed by atoms with E-state index < -0.39 is 0 Å². The second-order valence-corrected chi connectivity index (χ2v) is 7.85. The van der Waals surface area contributed by atoms with E-state index in [1.165, 1.54) is 0 Å². The molecule has 0 unspecified atom stereocenters. The van der Waals surface area contributed by atoms with Gasteiger partial charge in [0.2, 0.25) is 0 Å². The monoisotopic (exact) mass is 466 g/mol. The molecule has 0 radical (unpaired) electrons. The zero-order valence-electron chi connectivity index (χ0n) is 16.9. The van der Waals surface area contributed by atoms with Gasteiger partial charge in [-0.3, -0.25) is 9.59 Å². The van der Waals surface area contributed by atoms with E-state index in [-0.39, 0.29) is 18.4 Å². The molecule has 6 heteroatoms. The van der Waals surface area contributed by atoms with Crippen LogP contribution in [0.1, 0.15) is 21.5 Å². The molecule has 3 rings (SSSR count). The maximum Gasteiger partial charge on any atom is 0.262 e. The summed E-state index contributed by atoms with van der Waals surface area (Å²) in [4.78, 5) is 26.7. The Balaban J connectivity index is 1.59. The molecular formula is C24H23BrN2O3. The van der Waals surface area contributed by atoms with Crippen molar-refractivity contribution in [2.24, 2.45) is 0 Å². The molecule has 0 atom stereocenters. The van der Waals surface area contributed by atoms with Gasteiger partial charge >= 0.3 is 0 Å². The fourth-order valence-electron chi connectivity index (χ4n) is 2.94. The Kier molecular flexibility index (Phi) is 7.25. The topological polar surface area (TPSA) is 58.6 Å². The Hall–Kier alpha value is -3.12. The number of halogens is 1. The normalized spacial score (nSPS) is 10.4. The molecule has 0 saturated carbocycles. The number of nitrogens with zero attached hydrogens (tertiary/aromatic N) is 1. The standard InChI is InChI=1S/C24H23BrN2O3/c1-17-11-12-22(21(25)13-17)30-16-23(28)26-20-10-6-9-19(14-20)24(29)27(2)15-18-7-4-3-5-8-18/h3-14H,15-16H2,1-2H3,(H,26,28). The van der Waals surface area contributed by atoms with E-state index in [1.54, 1.807) is 36.2 Å². The fraction of sp³-hybridized carbons (Fsp3) is 0.167. The van der Waals surface area contributed by atoms with Crippen molar-refractivity contribution in [3.63, 3.8) is 0 Å². The number of ether oxygens (including phenoxy) is 1. The van der Waals surface area contributed by atoms with Gasteiger partial charge < -0.3 is 15.0 Å². The highest BCUT2D eigenvalue weighted by Gasteiger charge is 2.13. The minimum atomic E-state index is -0.301. The number of benzene rings is 3. The van der Waals surface area contributed by atoms with Crippen LogP contribution in [0, 0.1) is 6.92 Å². The molecule has 0 aromatic heterocycles. The van der Waals surface area contributed by atoms with Gasteiger partial charge in [-0.1, -0.05) is 42.5 Å². The minimum Gasteiger partial charge on any atom is -0.483 e. The molecule has 0 heterocycles. The summed E-state index contributed by atoms with van der Waals surface area (Å²) in [5.74, 6) is 0.182. The molecular weight excluding hydrogens is 444 g/mol. The molecule has 2 amide bonds. The van der Waals surface area contributed by atoms with Gasteiger partial charge in [0.15, 0.2) is 6.61 Å². The van der Waals surface area contributed by atoms with Crippen molar-refractivity contribution in [2.45, 2.75) is 13.5 Å². The van der Waals surface area contributed by atoms with Gasteiger partial charge in [-0.15, -0.1) is 0 Å². The van der Waals surface area contributed by atoms with Crippen LogP contribution in [-0.2, 0) is 11.3 Å². The highest BCUT2D eigenvalue weighted by molar-refractivity contribution is 9.10. The molecule has 3 aromatic rings. The summed E-state index contributed by atoms with van der Waals surface area (Å²) >= 11 is 3.43. The molecule has 0 saturated heterocycles. The predicted octanol–water partition coefficient (Wildman–Crippen LogP) is 5.05. The van der Waals surface area contributed by atoms with Crippen LogP contribution in [0.3, 0.4) is 0 Å². The number of nitrogens with one attached hydrogen (secondary N) is 1. The van der Waals surface area contributed by atoms with Gasteiger partial charge in [-0.25, -0.2) is 0 Å². The lowest BCUT2D eigenvalue weighted by atomic mass is 10.1. The van der Waals surface area contributed by atoms with Gasteiger partial charge in [-0.05, 0) is 64.3 Å². The van der Waals surface area contributed by atoms with Crippen LogP contribution >= 0.6 is 15.9 Å². The molecule has 5 nitrogen and oxygen atoms in total. The first-order valence-corrected chi connectivity index (χ1v) is 10.3. The summed E-state index contributed by atoms with van der Waals surface area (Å²) in [5.41, 5.74) is 3.20. The van der Waals surface area contributed by atoms with Crippen LogP contribution in [-0.4, -0.2) is 30.4 Å². The van der Waals surface area contributed by atoms with Gasteiger partial charge in [-0.2, -0.15) is 0 Å². The lowest BCUT2D eigenvalue weighted by Gasteiger charge is -2.18. The zero-order chi connectivity index (χ0) is 21.5. The largest absolute Gasteiger partial charge is 0.483 e. The summed E-state index contributed by atoms with van der Waals surface area (Å²) in [6.45, 7) is 2.36. The highest BCUT2D eigenvalue weighted by Crippen LogP contribution is 2.25. The van der Waals surface area contributed by atoms with Gasteiger partial charge in [0.05, 0.1) is 4.47 Å². The average Bonchev–Trinajstić information content (AvgIpc) is 2.73. The third kappa shape index (κ3) is 5.94. The number of hydrogen-bond acceptors (Lipinski definition) is 3. The molecule has 1 N–H and O–H groups in total. The van der Waals surface area contributed by atoms with Crippen LogP contribution < -0.4 is 10.1 Å². The maximum atomic E-state index is 12.7. The Bertz CT molecular complexity index is 1040. The van der Waals surface area contributed by atoms with Gasteiger partial charge in [0, 0.05) is 24.8 Å². The van der Waals surface area contributed by atoms with Crippen LogP contribution in [0.4, 0.5) is 5.69 Å². The van der Waals surface area contributed by atoms with Crippen molar-refractivity contribution in [1.29, 1.82) is 0 Å². The van der Waals surface area contributed by atoms with E-state index in [1.807, 2.05) is 55.5 Å². The first-order valence-electron chi connectivity index (χ1n) is 9.50. The van der Waals surface area contributed by atoms with Crippen LogP contribution in [0.25, 0.3) is 0 Å². The van der Waals surface area contributed by atoms with E-state index in [0.29, 0.717) is 23.5 Å². The Morgan fingerprint density at radius 2 is 1.77 bits per heavy atom. The van der Waals surface area contributed by atoms with Crippen LogP contribution in [0.15, 0.2) is 77.3 Å². The second kappa shape index (κ2) is 10.1. The molecule has 3 aromatic carbocycles. The van der Waals surface area contributed by atoms with Crippen molar-refractivity contribution in [1.82, 2.24) is 4.90 Å². The third-order valence-electron chi connectivity index (χ3n) is 4.45. The van der Waals surface area contributed by atoms with Gasteiger partial charge in [0.25, 0.3) is 11.8 Å². The van der Waals surface area contributed by atoms with Crippen LogP contribution in [0.2, 0.25) is 0 Å². The molecule has 0 spiro atoms. The lowest BCUT2D eigenvalue weighted by Crippen LogP contribution is -2.26. The number of anilines is 1. The van der Waals surface area contributed by atoms with Crippen molar-refractivity contribution in [3.05, 3.63) is 94.0 Å². The first-order chi connectivity index (χ1) is 14.4. The van der Waals surface area contributed by atoms with E-state index >= 15 is 0 Å². The number of amides is 2. The molecule has 0 aliphatic rings. The summed E-state index contributed by atoms with van der Waals surface area (Å²) in [7, 11) is 1.76. The second-order valence-electron chi connectivity index (χ2n) is 7.00. The van der Waals surface area contributed by atoms with E-state index in [0.717, 1.165) is 15.6 Å². The number of carbonyl (C=O) groups excluding carboxylic acids is 2. The van der Waals surface area contributed by atoms with Crippen molar-refractivity contribution in [2.75, 3.05) is 19.0 Å². The van der Waals surface area contributed by atoms with Crippen LogP contribution in [0.5, 0.6) is 5.75 Å². The smallest absolute Gasteiger partial charge is 0.262 e. The van der Waals surface area contributed by atoms with Crippen molar-refractivity contribution >= 4 is 33.4 Å². The van der Waals surface area contributed by atoms with E-state index in [4.69, 9.17) is 4.74 Å². The molecule has 0 bridgehead atoms. The highest BCUT2D eigenvalue weighted by atomic mass is 79.9. The Labute approximate surface area is 184 Å². The summed E-state index contributed by atoms with van der Waals surface area (Å²) in [6, 6.07) is 22.3. The minimum absolute atomic E-state index is 0.116. The molecule has 30 heavy (non-hydrogen) atoms. The summed E-state index contributed by atoms with van der Waals surface area (Å²) < 4.78 is 6.37. The van der Waals surface area contributed by atoms with E-state index in [2.05, 4.69) is 21.2 Å². The quantitative estimate of drug-likeness (QED) is 0.529. The van der Waals surface area contributed by atoms with E-state index in [9.17, 15) is 9.59 Å². The molecule has 0 aliphatic heterocycles. The fourth-order valence-corrected chi connectivity index (χ4v) is 3.55. The molecule has 0 aliphatic carbocycles. The number of hydrogen-bond donors (Lipinski definition) is 1. The maximum absolute atomic E-state index is 12.7. The Morgan fingerprint density at radius 1 is 1.00 bits per heavy atom. The predicted molar refractivity (Wildman–Crippen MR) is 122 cm³/mol. The first kappa shape index (κ1) is 21.6. The third-order valence-corrected chi connectivity index (χ3v) is 5.07. The zero-order valence-corrected chi connectivity index (χ0v) is 18.5. The molecule has 0 fully saturated rings. The number of aryl methyl sites for hydroxylation is 1.